The lowest BCUT2D eigenvalue weighted by Gasteiger charge is -2.29. The van der Waals surface area contributed by atoms with Crippen LogP contribution in [-0.2, 0) is 40.1 Å². The van der Waals surface area contributed by atoms with E-state index in [-0.39, 0.29) is 52.9 Å². The Bertz CT molecular complexity index is 5270. The van der Waals surface area contributed by atoms with Crippen molar-refractivity contribution in [1.82, 2.24) is 24.8 Å². The first-order valence-electron chi connectivity index (χ1n) is 34.2. The largest absolute Gasteiger partial charge is 0.586 e. The molecule has 25 heteroatoms. The highest BCUT2D eigenvalue weighted by Crippen LogP contribution is 2.55. The summed E-state index contributed by atoms with van der Waals surface area (Å²) >= 11 is 0. The average molecular weight is 1420 g/mol. The maximum Gasteiger partial charge on any atom is 0.586 e. The van der Waals surface area contributed by atoms with Crippen LogP contribution in [0.5, 0.6) is 28.7 Å². The first-order valence-corrected chi connectivity index (χ1v) is 34.2. The molecule has 17 rings (SSSR count). The van der Waals surface area contributed by atoms with Crippen molar-refractivity contribution in [3.8, 4) is 51.3 Å². The number of hydrogen-bond donors (Lipinski definition) is 4. The molecule has 534 valence electrons. The number of halogens is 4. The number of pyridine rings is 4. The summed E-state index contributed by atoms with van der Waals surface area (Å²) in [6.07, 6.45) is -1.96. The fourth-order valence-corrected chi connectivity index (χ4v) is 13.4. The Hall–Kier alpha value is -12.0. The number of fused-ring (bicyclic) bond motifs is 5. The summed E-state index contributed by atoms with van der Waals surface area (Å²) in [5.41, 5.74) is 2.71. The second-order valence-corrected chi connectivity index (χ2v) is 26.8. The van der Waals surface area contributed by atoms with Gasteiger partial charge in [-0.1, -0.05) is 109 Å². The van der Waals surface area contributed by atoms with E-state index in [0.29, 0.717) is 102 Å². The van der Waals surface area contributed by atoms with E-state index >= 15 is 0 Å². The molecule has 0 bridgehead atoms. The van der Waals surface area contributed by atoms with Gasteiger partial charge in [0.15, 0.2) is 23.0 Å². The van der Waals surface area contributed by atoms with Crippen LogP contribution in [0, 0.1) is 0 Å². The number of alkyl halides is 4. The molecule has 3 saturated carbocycles. The number of carbonyl (C=O) groups excluding carboxylic acids is 4. The van der Waals surface area contributed by atoms with Gasteiger partial charge in [0.25, 0.3) is 0 Å². The van der Waals surface area contributed by atoms with E-state index in [0.717, 1.165) is 75.4 Å². The zero-order valence-electron chi connectivity index (χ0n) is 57.1. The fraction of sp³-hybridized carbons (Fsp3) is 0.250. The molecule has 0 atom stereocenters. The van der Waals surface area contributed by atoms with E-state index in [1.54, 1.807) is 61.8 Å². The second-order valence-electron chi connectivity index (χ2n) is 26.8. The van der Waals surface area contributed by atoms with Gasteiger partial charge < -0.3 is 63.9 Å². The highest BCUT2D eigenvalue weighted by molar-refractivity contribution is 6.06. The number of rotatable bonds is 17. The summed E-state index contributed by atoms with van der Waals surface area (Å²) in [7, 11) is 5.45. The number of nitrogens with zero attached hydrogens (tertiary/aromatic N) is 5. The zero-order chi connectivity index (χ0) is 72.8. The number of likely N-dealkylation sites (N-methyl/N-ethyl adjacent to an activating group) is 1. The van der Waals surface area contributed by atoms with Crippen LogP contribution in [0.1, 0.15) is 65.6 Å². The molecule has 105 heavy (non-hydrogen) atoms. The van der Waals surface area contributed by atoms with Gasteiger partial charge in [0.1, 0.15) is 35.6 Å². The van der Waals surface area contributed by atoms with E-state index in [1.165, 1.54) is 30.3 Å². The van der Waals surface area contributed by atoms with Crippen LogP contribution in [0.4, 0.5) is 40.8 Å². The number of H-pyrrole nitrogens is 1. The van der Waals surface area contributed by atoms with Crippen molar-refractivity contribution in [3.63, 3.8) is 0 Å². The third-order valence-electron chi connectivity index (χ3n) is 19.5. The monoisotopic (exact) mass is 1420 g/mol. The molecule has 7 aromatic carbocycles. The Morgan fingerprint density at radius 3 is 1.48 bits per heavy atom. The Morgan fingerprint density at radius 1 is 0.514 bits per heavy atom. The number of carbonyl (C=O) groups is 4. The van der Waals surface area contributed by atoms with Crippen molar-refractivity contribution in [2.24, 2.45) is 0 Å². The molecular weight excluding hydrogens is 1350 g/mol. The van der Waals surface area contributed by atoms with Crippen LogP contribution in [-0.4, -0.2) is 122 Å². The summed E-state index contributed by atoms with van der Waals surface area (Å²) in [5.74, 6) is 1.65. The van der Waals surface area contributed by atoms with Crippen molar-refractivity contribution < 1.29 is 69.9 Å². The fourth-order valence-electron chi connectivity index (χ4n) is 13.4. The highest BCUT2D eigenvalue weighted by atomic mass is 19.3. The third-order valence-corrected chi connectivity index (χ3v) is 19.5. The van der Waals surface area contributed by atoms with Gasteiger partial charge in [-0.25, -0.2) is 19.7 Å². The maximum absolute atomic E-state index is 13.6. The van der Waals surface area contributed by atoms with E-state index < -0.39 is 34.8 Å². The molecule has 21 nitrogen and oxygen atoms in total. The van der Waals surface area contributed by atoms with Gasteiger partial charge in [0.2, 0.25) is 23.3 Å². The number of aromatic amines is 1. The molecule has 4 fully saturated rings. The number of anilines is 4. The summed E-state index contributed by atoms with van der Waals surface area (Å²) in [4.78, 5) is 85.4. The van der Waals surface area contributed by atoms with Crippen LogP contribution in [0.25, 0.3) is 54.8 Å². The lowest BCUT2D eigenvalue weighted by Crippen LogP contribution is -2.37. The molecule has 3 amide bonds. The number of ether oxygens (including phenoxy) is 7. The SMILES string of the molecule is CN(C)CCOC(=O)c1cccc(-c2nc(NC(=O)C3(c4ccc5c(c4)OC(F)(F)O5)CC3)cc3ccccc23)c1.COc1ccc(C2(C(=O)Nc3cc4ccccc4c(N4CCOCC4)n3)CC2)cc1.O=C(Nc1cc2ccccc2c(-c2ccc(=O)[nH]c2)n1)C1(c2ccc3c(c2)OC(F)(F)O3)CC1. The molecule has 1 saturated heterocycles. The number of esters is 1. The zero-order valence-corrected chi connectivity index (χ0v) is 57.1. The van der Waals surface area contributed by atoms with Crippen LogP contribution >= 0.6 is 0 Å². The van der Waals surface area contributed by atoms with Crippen LogP contribution in [0.15, 0.2) is 199 Å². The predicted molar refractivity (Wildman–Crippen MR) is 385 cm³/mol. The average Bonchev–Trinajstić information content (AvgIpc) is 1.60. The molecule has 4 aromatic heterocycles. The first kappa shape index (κ1) is 68.8. The molecule has 11 aromatic rings. The summed E-state index contributed by atoms with van der Waals surface area (Å²) in [6.45, 7) is 3.85. The Labute approximate surface area is 598 Å². The molecule has 6 aliphatic rings. The van der Waals surface area contributed by atoms with Gasteiger partial charge >= 0.3 is 18.6 Å². The molecule has 3 aliphatic carbocycles. The highest BCUT2D eigenvalue weighted by Gasteiger charge is 2.55. The van der Waals surface area contributed by atoms with Crippen molar-refractivity contribution in [2.45, 2.75) is 67.4 Å². The van der Waals surface area contributed by atoms with Crippen molar-refractivity contribution in [3.05, 3.63) is 227 Å². The number of nitrogens with one attached hydrogen (secondary N) is 4. The number of benzene rings is 7. The van der Waals surface area contributed by atoms with Crippen molar-refractivity contribution >= 4 is 79.3 Å². The predicted octanol–water partition coefficient (Wildman–Crippen LogP) is 13.9. The minimum absolute atomic E-state index is 0.00313. The third kappa shape index (κ3) is 14.3. The van der Waals surface area contributed by atoms with Crippen LogP contribution in [0.2, 0.25) is 0 Å². The van der Waals surface area contributed by atoms with E-state index in [1.807, 2.05) is 116 Å². The minimum Gasteiger partial charge on any atom is -0.497 e. The number of aromatic nitrogens is 4. The van der Waals surface area contributed by atoms with E-state index in [4.69, 9.17) is 24.2 Å². The molecular formula is C80H69F4N9O12. The van der Waals surface area contributed by atoms with Gasteiger partial charge in [-0.2, -0.15) is 0 Å². The Kier molecular flexibility index (Phi) is 18.1. The minimum atomic E-state index is -3.73. The number of amides is 3. The maximum atomic E-state index is 13.6. The Morgan fingerprint density at radius 2 is 0.981 bits per heavy atom. The molecule has 0 unspecified atom stereocenters. The summed E-state index contributed by atoms with van der Waals surface area (Å²) in [6, 6.07) is 55.7. The van der Waals surface area contributed by atoms with Gasteiger partial charge in [-0.3, -0.25) is 19.2 Å². The summed E-state index contributed by atoms with van der Waals surface area (Å²) < 4.78 is 88.1. The molecule has 0 spiro atoms. The first-order chi connectivity index (χ1) is 50.7. The molecule has 7 heterocycles. The summed E-state index contributed by atoms with van der Waals surface area (Å²) in [5, 5.41) is 14.5. The van der Waals surface area contributed by atoms with Gasteiger partial charge in [0.05, 0.1) is 53.5 Å². The molecule has 4 N–H and O–H groups in total. The smallest absolute Gasteiger partial charge is 0.497 e. The topological polar surface area (TPSA) is 247 Å². The van der Waals surface area contributed by atoms with Gasteiger partial charge in [-0.05, 0) is 158 Å². The number of morpholine rings is 1. The van der Waals surface area contributed by atoms with E-state index in [9.17, 15) is 41.5 Å². The quantitative estimate of drug-likeness (QED) is 0.0489. The van der Waals surface area contributed by atoms with Gasteiger partial charge in [-0.15, -0.1) is 17.6 Å². The van der Waals surface area contributed by atoms with Crippen LogP contribution < -0.4 is 50.1 Å². The van der Waals surface area contributed by atoms with E-state index in [2.05, 4.69) is 61.9 Å². The molecule has 0 radical (unpaired) electrons. The lowest BCUT2D eigenvalue weighted by molar-refractivity contribution is -0.287. The van der Waals surface area contributed by atoms with Crippen molar-refractivity contribution in [1.29, 1.82) is 0 Å². The standard InChI is InChI=1S/C31H27F2N3O5.C25H17F2N3O4.C24H25N3O3/c1-36(2)14-15-39-28(37)21-8-5-7-20(16-21)27-23-9-4-3-6-19(23)17-26(34-27)35-29(38)30(12-13-30)22-10-11-24-25(18-22)41-31(32,33)40-24;26-25(27)33-18-7-6-16(12-19(18)34-25)24(9-10-24)23(32)30-20-11-14-3-1-2-4-17(14)22(29-20)15-5-8-21(31)28-13-15;1-29-19-8-6-18(7-9-19)24(10-11-24)23(28)26-21-16-17-4-2-3-5-20(17)22(25-21)27-12-14-30-15-13-27/h3-11,16-18H,12-15H2,1-2H3,(H,34,35,38);1-8,11-13H,9-10H2,(H,28,31)(H,29,30,32);2-9,16H,10-15H2,1H3,(H,25,26,28). The van der Waals surface area contributed by atoms with Crippen molar-refractivity contribution in [2.75, 3.05) is 81.5 Å². The lowest BCUT2D eigenvalue weighted by atomic mass is 9.94. The number of methoxy groups -OCH3 is 1. The molecule has 3 aliphatic heterocycles. The normalized spacial score (nSPS) is 16.7. The number of hydrogen-bond acceptors (Lipinski definition) is 17. The van der Waals surface area contributed by atoms with Crippen LogP contribution in [0.3, 0.4) is 0 Å². The Balaban J connectivity index is 0.000000128. The second kappa shape index (κ2) is 27.7. The van der Waals surface area contributed by atoms with Gasteiger partial charge in [0, 0.05) is 59.2 Å².